The Balaban J connectivity index is 1.52. The van der Waals surface area contributed by atoms with Gasteiger partial charge >= 0.3 is 11.8 Å². The van der Waals surface area contributed by atoms with E-state index in [4.69, 9.17) is 16.3 Å². The summed E-state index contributed by atoms with van der Waals surface area (Å²) in [6, 6.07) is 1.40. The topological polar surface area (TPSA) is 118 Å². The molecule has 182 valence electrons. The molecule has 11 heteroatoms. The van der Waals surface area contributed by atoms with Crippen LogP contribution < -0.4 is 5.32 Å². The van der Waals surface area contributed by atoms with Crippen LogP contribution in [-0.4, -0.2) is 69.0 Å². The second-order valence-corrected chi connectivity index (χ2v) is 10.2. The number of nitrogens with zero attached hydrogens (tertiary/aromatic N) is 4. The van der Waals surface area contributed by atoms with Gasteiger partial charge in [-0.15, -0.1) is 0 Å². The zero-order valence-corrected chi connectivity index (χ0v) is 20.3. The van der Waals surface area contributed by atoms with E-state index in [2.05, 4.69) is 10.3 Å². The second kappa shape index (κ2) is 10.1. The first-order chi connectivity index (χ1) is 15.4. The van der Waals surface area contributed by atoms with Crippen LogP contribution in [0.25, 0.3) is 0 Å². The molecule has 1 aliphatic carbocycles. The fourth-order valence-corrected chi connectivity index (χ4v) is 4.56. The lowest BCUT2D eigenvalue weighted by Crippen LogP contribution is -2.57. The van der Waals surface area contributed by atoms with E-state index in [-0.39, 0.29) is 40.8 Å². The van der Waals surface area contributed by atoms with E-state index in [1.54, 1.807) is 4.90 Å². The smallest absolute Gasteiger partial charge is 0.410 e. The van der Waals surface area contributed by atoms with Gasteiger partial charge in [0.05, 0.1) is 4.92 Å². The lowest BCUT2D eigenvalue weighted by atomic mass is 9.84. The number of nitro groups is 1. The lowest BCUT2D eigenvalue weighted by molar-refractivity contribution is -0.384. The zero-order chi connectivity index (χ0) is 24.3. The number of ether oxygens (including phenoxy) is 1. The van der Waals surface area contributed by atoms with Gasteiger partial charge in [0.25, 0.3) is 0 Å². The minimum absolute atomic E-state index is 0.0210. The third kappa shape index (κ3) is 6.46. The van der Waals surface area contributed by atoms with Crippen molar-refractivity contribution < 1.29 is 19.2 Å². The van der Waals surface area contributed by atoms with Crippen molar-refractivity contribution in [3.8, 4) is 0 Å². The Kier molecular flexibility index (Phi) is 7.66. The van der Waals surface area contributed by atoms with Gasteiger partial charge in [-0.1, -0.05) is 11.6 Å². The van der Waals surface area contributed by atoms with E-state index in [1.165, 1.54) is 6.07 Å². The average molecular weight is 482 g/mol. The molecular weight excluding hydrogens is 450 g/mol. The third-order valence-corrected chi connectivity index (χ3v) is 6.25. The van der Waals surface area contributed by atoms with Gasteiger partial charge in [0.15, 0.2) is 0 Å². The Labute approximate surface area is 198 Å². The number of carbonyl (C=O) groups excluding carboxylic acids is 2. The van der Waals surface area contributed by atoms with Crippen LogP contribution in [0.4, 0.5) is 16.2 Å². The first-order valence-electron chi connectivity index (χ1n) is 11.3. The Morgan fingerprint density at radius 3 is 2.48 bits per heavy atom. The molecule has 1 unspecified atom stereocenters. The molecule has 1 saturated carbocycles. The van der Waals surface area contributed by atoms with Crippen LogP contribution >= 0.6 is 11.6 Å². The highest BCUT2D eigenvalue weighted by molar-refractivity contribution is 6.29. The van der Waals surface area contributed by atoms with Crippen molar-refractivity contribution in [1.82, 2.24) is 14.8 Å². The molecule has 0 bridgehead atoms. The predicted octanol–water partition coefficient (Wildman–Crippen LogP) is 4.08. The van der Waals surface area contributed by atoms with Gasteiger partial charge in [-0.3, -0.25) is 14.9 Å². The Morgan fingerprint density at radius 1 is 1.24 bits per heavy atom. The van der Waals surface area contributed by atoms with Gasteiger partial charge in [-0.2, -0.15) is 0 Å². The SMILES string of the molecule is CC1CN(C(=O)OC(C)(C)C)CCN1C(=O)C1CCC(Nc2cc(Cl)ncc2[N+](=O)[O-])CC1. The molecule has 0 radical (unpaired) electrons. The fourth-order valence-electron chi connectivity index (χ4n) is 4.40. The van der Waals surface area contributed by atoms with Crippen molar-refractivity contribution in [3.05, 3.63) is 27.5 Å². The number of anilines is 1. The minimum atomic E-state index is -0.554. The molecular formula is C22H32ClN5O5. The van der Waals surface area contributed by atoms with Crippen LogP contribution in [0.2, 0.25) is 5.15 Å². The normalized spacial score (nSPS) is 23.7. The first kappa shape index (κ1) is 25.0. The summed E-state index contributed by atoms with van der Waals surface area (Å²) < 4.78 is 5.45. The summed E-state index contributed by atoms with van der Waals surface area (Å²) in [6.45, 7) is 8.84. The number of hydrogen-bond acceptors (Lipinski definition) is 7. The van der Waals surface area contributed by atoms with E-state index in [0.29, 0.717) is 38.2 Å². The van der Waals surface area contributed by atoms with E-state index < -0.39 is 10.5 Å². The van der Waals surface area contributed by atoms with Crippen LogP contribution in [-0.2, 0) is 9.53 Å². The summed E-state index contributed by atoms with van der Waals surface area (Å²) in [5.74, 6) is 0.0253. The zero-order valence-electron chi connectivity index (χ0n) is 19.5. The molecule has 2 heterocycles. The van der Waals surface area contributed by atoms with Crippen molar-refractivity contribution in [1.29, 1.82) is 0 Å². The number of piperazine rings is 1. The molecule has 10 nitrogen and oxygen atoms in total. The lowest BCUT2D eigenvalue weighted by Gasteiger charge is -2.42. The number of rotatable bonds is 4. The van der Waals surface area contributed by atoms with E-state index >= 15 is 0 Å². The van der Waals surface area contributed by atoms with E-state index in [9.17, 15) is 19.7 Å². The number of nitrogens with one attached hydrogen (secondary N) is 1. The summed E-state index contributed by atoms with van der Waals surface area (Å²) in [4.78, 5) is 43.6. The van der Waals surface area contributed by atoms with Gasteiger partial charge in [-0.25, -0.2) is 9.78 Å². The number of hydrogen-bond donors (Lipinski definition) is 1. The number of carbonyl (C=O) groups is 2. The molecule has 2 amide bonds. The molecule has 1 N–H and O–H groups in total. The molecule has 1 saturated heterocycles. The maximum Gasteiger partial charge on any atom is 0.410 e. The number of aromatic nitrogens is 1. The summed E-state index contributed by atoms with van der Waals surface area (Å²) in [5.41, 5.74) is -0.321. The average Bonchev–Trinajstić information content (AvgIpc) is 2.72. The fraction of sp³-hybridized carbons (Fsp3) is 0.682. The van der Waals surface area contributed by atoms with Crippen molar-refractivity contribution in [2.75, 3.05) is 25.0 Å². The van der Waals surface area contributed by atoms with Crippen LogP contribution in [0.1, 0.15) is 53.4 Å². The van der Waals surface area contributed by atoms with Crippen molar-refractivity contribution >= 4 is 35.0 Å². The summed E-state index contributed by atoms with van der Waals surface area (Å²) in [7, 11) is 0. The van der Waals surface area contributed by atoms with Gasteiger partial charge in [0.1, 0.15) is 22.6 Å². The van der Waals surface area contributed by atoms with Gasteiger partial charge in [-0.05, 0) is 53.4 Å². The highest BCUT2D eigenvalue weighted by atomic mass is 35.5. The number of pyridine rings is 1. The molecule has 1 aromatic rings. The summed E-state index contributed by atoms with van der Waals surface area (Å²) in [5, 5.41) is 14.6. The molecule has 2 aliphatic rings. The number of halogens is 1. The molecule has 0 spiro atoms. The van der Waals surface area contributed by atoms with Gasteiger partial charge in [0.2, 0.25) is 5.91 Å². The summed E-state index contributed by atoms with van der Waals surface area (Å²) >= 11 is 5.91. The highest BCUT2D eigenvalue weighted by Crippen LogP contribution is 2.32. The van der Waals surface area contributed by atoms with Crippen LogP contribution in [0, 0.1) is 16.0 Å². The van der Waals surface area contributed by atoms with Crippen LogP contribution in [0.3, 0.4) is 0 Å². The number of amides is 2. The van der Waals surface area contributed by atoms with Crippen molar-refractivity contribution in [2.24, 2.45) is 5.92 Å². The quantitative estimate of drug-likeness (QED) is 0.391. The van der Waals surface area contributed by atoms with Crippen molar-refractivity contribution in [3.63, 3.8) is 0 Å². The first-order valence-corrected chi connectivity index (χ1v) is 11.7. The van der Waals surface area contributed by atoms with E-state index in [1.807, 2.05) is 32.6 Å². The third-order valence-electron chi connectivity index (χ3n) is 6.04. The Bertz CT molecular complexity index is 898. The molecule has 2 fully saturated rings. The van der Waals surface area contributed by atoms with Crippen LogP contribution in [0.5, 0.6) is 0 Å². The molecule has 33 heavy (non-hydrogen) atoms. The highest BCUT2D eigenvalue weighted by Gasteiger charge is 2.36. The molecule has 3 rings (SSSR count). The minimum Gasteiger partial charge on any atom is -0.444 e. The van der Waals surface area contributed by atoms with Crippen molar-refractivity contribution in [2.45, 2.75) is 71.1 Å². The van der Waals surface area contributed by atoms with Gasteiger partial charge in [0, 0.05) is 43.7 Å². The van der Waals surface area contributed by atoms with E-state index in [0.717, 1.165) is 19.0 Å². The Morgan fingerprint density at radius 2 is 1.91 bits per heavy atom. The predicted molar refractivity (Wildman–Crippen MR) is 124 cm³/mol. The molecule has 1 aliphatic heterocycles. The largest absolute Gasteiger partial charge is 0.444 e. The maximum atomic E-state index is 13.2. The molecule has 1 aromatic heterocycles. The molecule has 1 atom stereocenters. The second-order valence-electron chi connectivity index (χ2n) is 9.78. The summed E-state index contributed by atoms with van der Waals surface area (Å²) in [6.07, 6.45) is 3.64. The van der Waals surface area contributed by atoms with Gasteiger partial charge < -0.3 is 19.9 Å². The monoisotopic (exact) mass is 481 g/mol. The standard InChI is InChI=1S/C22H32ClN5O5/c1-14-13-26(21(30)33-22(2,3)4)9-10-27(14)20(29)15-5-7-16(8-6-15)25-17-11-19(23)24-12-18(17)28(31)32/h11-12,14-16H,5-10,13H2,1-4H3,(H,24,25). The molecule has 0 aromatic carbocycles. The maximum absolute atomic E-state index is 13.2. The van der Waals surface area contributed by atoms with Crippen LogP contribution in [0.15, 0.2) is 12.3 Å². The Hall–Kier alpha value is -2.62.